The lowest BCUT2D eigenvalue weighted by Gasteiger charge is -2.36. The Morgan fingerprint density at radius 3 is 2.44 bits per heavy atom. The predicted octanol–water partition coefficient (Wildman–Crippen LogP) is 1.65. The van der Waals surface area contributed by atoms with Gasteiger partial charge in [0.2, 0.25) is 0 Å². The molecule has 0 aromatic heterocycles. The summed E-state index contributed by atoms with van der Waals surface area (Å²) in [5, 5.41) is 9.03. The van der Waals surface area contributed by atoms with Gasteiger partial charge in [-0.25, -0.2) is 8.78 Å². The molecule has 0 heterocycles. The van der Waals surface area contributed by atoms with Gasteiger partial charge in [0.15, 0.2) is 11.6 Å². The number of carbonyl (C=O) groups is 2. The fourth-order valence-electron chi connectivity index (χ4n) is 1.95. The minimum absolute atomic E-state index is 0.250. The zero-order valence-electron chi connectivity index (χ0n) is 8.17. The van der Waals surface area contributed by atoms with E-state index in [-0.39, 0.29) is 24.2 Å². The molecule has 0 aliphatic heterocycles. The van der Waals surface area contributed by atoms with Crippen LogP contribution < -0.4 is 0 Å². The van der Waals surface area contributed by atoms with E-state index in [0.717, 1.165) is 6.07 Å². The van der Waals surface area contributed by atoms with Gasteiger partial charge in [-0.05, 0) is 6.07 Å². The van der Waals surface area contributed by atoms with Crippen molar-refractivity contribution in [3.63, 3.8) is 0 Å². The van der Waals surface area contributed by atoms with Gasteiger partial charge in [0, 0.05) is 18.4 Å². The number of benzene rings is 1. The van der Waals surface area contributed by atoms with Gasteiger partial charge in [0.05, 0.1) is 0 Å². The molecule has 0 bridgehead atoms. The number of carboxylic acid groups (broad SMARTS) is 1. The molecule has 0 spiro atoms. The van der Waals surface area contributed by atoms with Crippen LogP contribution in [0.1, 0.15) is 18.4 Å². The van der Waals surface area contributed by atoms with Crippen LogP contribution >= 0.6 is 0 Å². The summed E-state index contributed by atoms with van der Waals surface area (Å²) in [4.78, 5) is 22.0. The van der Waals surface area contributed by atoms with Crippen molar-refractivity contribution in [2.75, 3.05) is 0 Å². The zero-order chi connectivity index (χ0) is 11.9. The van der Waals surface area contributed by atoms with E-state index < -0.39 is 23.0 Å². The van der Waals surface area contributed by atoms with Crippen LogP contribution in [-0.4, -0.2) is 16.9 Å². The van der Waals surface area contributed by atoms with E-state index in [9.17, 15) is 18.4 Å². The Hall–Kier alpha value is -1.78. The van der Waals surface area contributed by atoms with Crippen LogP contribution in [-0.2, 0) is 15.0 Å². The number of halogens is 2. The van der Waals surface area contributed by atoms with E-state index in [1.807, 2.05) is 0 Å². The van der Waals surface area contributed by atoms with E-state index in [0.29, 0.717) is 0 Å². The highest BCUT2D eigenvalue weighted by Gasteiger charge is 2.53. The highest BCUT2D eigenvalue weighted by atomic mass is 19.2. The first-order valence-corrected chi connectivity index (χ1v) is 4.67. The topological polar surface area (TPSA) is 54.4 Å². The third kappa shape index (κ3) is 1.31. The number of aliphatic carboxylic acids is 1. The number of ketones is 1. The summed E-state index contributed by atoms with van der Waals surface area (Å²) >= 11 is 0. The molecule has 1 aliphatic carbocycles. The minimum atomic E-state index is -1.58. The molecule has 1 aliphatic rings. The van der Waals surface area contributed by atoms with Crippen LogP contribution in [0.4, 0.5) is 8.78 Å². The van der Waals surface area contributed by atoms with E-state index in [2.05, 4.69) is 0 Å². The molecule has 0 amide bonds. The SMILES string of the molecule is O=C1CC(C(=O)O)(c2cccc(F)c2F)C1. The first kappa shape index (κ1) is 10.7. The normalized spacial score (nSPS) is 18.0. The summed E-state index contributed by atoms with van der Waals surface area (Å²) < 4.78 is 26.4. The molecular weight excluding hydrogens is 218 g/mol. The quantitative estimate of drug-likeness (QED) is 0.834. The first-order chi connectivity index (χ1) is 7.47. The first-order valence-electron chi connectivity index (χ1n) is 4.67. The van der Waals surface area contributed by atoms with Crippen LogP contribution in [0.2, 0.25) is 0 Å². The molecule has 0 atom stereocenters. The Morgan fingerprint density at radius 1 is 1.31 bits per heavy atom. The van der Waals surface area contributed by atoms with E-state index >= 15 is 0 Å². The molecule has 16 heavy (non-hydrogen) atoms. The average Bonchev–Trinajstić information content (AvgIpc) is 2.17. The highest BCUT2D eigenvalue weighted by Crippen LogP contribution is 2.42. The second-order valence-electron chi connectivity index (χ2n) is 3.88. The Labute approximate surface area is 89.7 Å². The molecule has 1 N–H and O–H groups in total. The largest absolute Gasteiger partial charge is 0.481 e. The number of rotatable bonds is 2. The van der Waals surface area contributed by atoms with E-state index in [1.54, 1.807) is 0 Å². The van der Waals surface area contributed by atoms with E-state index in [1.165, 1.54) is 12.1 Å². The van der Waals surface area contributed by atoms with Crippen molar-refractivity contribution in [3.8, 4) is 0 Å². The van der Waals surface area contributed by atoms with Crippen LogP contribution in [0.5, 0.6) is 0 Å². The zero-order valence-corrected chi connectivity index (χ0v) is 8.17. The van der Waals surface area contributed by atoms with Gasteiger partial charge in [-0.15, -0.1) is 0 Å². The second-order valence-corrected chi connectivity index (χ2v) is 3.88. The van der Waals surface area contributed by atoms with Gasteiger partial charge >= 0.3 is 5.97 Å². The molecule has 1 aromatic rings. The summed E-state index contributed by atoms with van der Waals surface area (Å²) in [7, 11) is 0. The van der Waals surface area contributed by atoms with E-state index in [4.69, 9.17) is 5.11 Å². The van der Waals surface area contributed by atoms with Crippen molar-refractivity contribution in [3.05, 3.63) is 35.4 Å². The van der Waals surface area contributed by atoms with Crippen LogP contribution in [0, 0.1) is 11.6 Å². The third-order valence-corrected chi connectivity index (χ3v) is 2.87. The van der Waals surface area contributed by atoms with Crippen molar-refractivity contribution in [1.82, 2.24) is 0 Å². The number of carbonyl (C=O) groups excluding carboxylic acids is 1. The third-order valence-electron chi connectivity index (χ3n) is 2.87. The van der Waals surface area contributed by atoms with Crippen molar-refractivity contribution >= 4 is 11.8 Å². The Morgan fingerprint density at radius 2 is 1.94 bits per heavy atom. The standard InChI is InChI=1S/C11H8F2O3/c12-8-3-1-2-7(9(8)13)11(10(15)16)4-6(14)5-11/h1-3H,4-5H2,(H,15,16). The highest BCUT2D eigenvalue weighted by molar-refractivity contribution is 6.01. The van der Waals surface area contributed by atoms with Gasteiger partial charge in [0.1, 0.15) is 11.2 Å². The molecule has 0 unspecified atom stereocenters. The maximum Gasteiger partial charge on any atom is 0.315 e. The number of hydrogen-bond acceptors (Lipinski definition) is 2. The van der Waals surface area contributed by atoms with Gasteiger partial charge < -0.3 is 5.11 Å². The van der Waals surface area contributed by atoms with Crippen molar-refractivity contribution in [2.24, 2.45) is 0 Å². The lowest BCUT2D eigenvalue weighted by molar-refractivity contribution is -0.153. The number of Topliss-reactive ketones (excluding diaryl/α,β-unsaturated/α-hetero) is 1. The lowest BCUT2D eigenvalue weighted by Crippen LogP contribution is -2.49. The molecule has 5 heteroatoms. The molecule has 0 saturated heterocycles. The maximum atomic E-state index is 13.5. The van der Waals surface area contributed by atoms with Crippen molar-refractivity contribution < 1.29 is 23.5 Å². The molecule has 1 fully saturated rings. The molecule has 1 saturated carbocycles. The lowest BCUT2D eigenvalue weighted by atomic mass is 9.63. The summed E-state index contributed by atoms with van der Waals surface area (Å²) in [6, 6.07) is 3.36. The van der Waals surface area contributed by atoms with Gasteiger partial charge in [-0.3, -0.25) is 9.59 Å². The average molecular weight is 226 g/mol. The molecule has 3 nitrogen and oxygen atoms in total. The summed E-state index contributed by atoms with van der Waals surface area (Å²) in [5.74, 6) is -3.84. The monoisotopic (exact) mass is 226 g/mol. The van der Waals surface area contributed by atoms with Gasteiger partial charge in [-0.2, -0.15) is 0 Å². The van der Waals surface area contributed by atoms with Gasteiger partial charge in [0.25, 0.3) is 0 Å². The Balaban J connectivity index is 2.53. The Bertz CT molecular complexity index is 474. The summed E-state index contributed by atoms with van der Waals surface area (Å²) in [6.45, 7) is 0. The number of hydrogen-bond donors (Lipinski definition) is 1. The molecule has 2 rings (SSSR count). The summed E-state index contributed by atoms with van der Waals surface area (Å²) in [6.07, 6.45) is -0.550. The predicted molar refractivity (Wildman–Crippen MR) is 49.9 cm³/mol. The minimum Gasteiger partial charge on any atom is -0.481 e. The van der Waals surface area contributed by atoms with Crippen LogP contribution in [0.3, 0.4) is 0 Å². The van der Waals surface area contributed by atoms with Crippen LogP contribution in [0.15, 0.2) is 18.2 Å². The summed E-state index contributed by atoms with van der Waals surface area (Å²) in [5.41, 5.74) is -1.83. The fourth-order valence-corrected chi connectivity index (χ4v) is 1.95. The molecular formula is C11H8F2O3. The molecule has 0 radical (unpaired) electrons. The maximum absolute atomic E-state index is 13.5. The van der Waals surface area contributed by atoms with Crippen LogP contribution in [0.25, 0.3) is 0 Å². The van der Waals surface area contributed by atoms with Crippen molar-refractivity contribution in [1.29, 1.82) is 0 Å². The molecule has 1 aromatic carbocycles. The molecule has 84 valence electrons. The second kappa shape index (κ2) is 3.37. The fraction of sp³-hybridized carbons (Fsp3) is 0.273. The number of carboxylic acids is 1. The van der Waals surface area contributed by atoms with Crippen molar-refractivity contribution in [2.45, 2.75) is 18.3 Å². The van der Waals surface area contributed by atoms with Gasteiger partial charge in [-0.1, -0.05) is 12.1 Å². The Kier molecular flexibility index (Phi) is 2.26. The smallest absolute Gasteiger partial charge is 0.315 e.